The zero-order valence-electron chi connectivity index (χ0n) is 13.6. The summed E-state index contributed by atoms with van der Waals surface area (Å²) < 4.78 is 7.16. The maximum atomic E-state index is 12.5. The van der Waals surface area contributed by atoms with Crippen LogP contribution in [0.15, 0.2) is 36.8 Å². The molecule has 1 aliphatic rings. The molecule has 2 aromatic rings. The smallest absolute Gasteiger partial charge is 0.253 e. The van der Waals surface area contributed by atoms with Gasteiger partial charge in [0, 0.05) is 38.9 Å². The number of hydrogen-bond donors (Lipinski definition) is 2. The van der Waals surface area contributed by atoms with Crippen molar-refractivity contribution in [1.82, 2.24) is 19.8 Å². The van der Waals surface area contributed by atoms with Crippen LogP contribution in [0.1, 0.15) is 16.1 Å². The molecule has 24 heavy (non-hydrogen) atoms. The first kappa shape index (κ1) is 16.6. The Morgan fingerprint density at radius 1 is 1.29 bits per heavy atom. The minimum absolute atomic E-state index is 0.0816. The summed E-state index contributed by atoms with van der Waals surface area (Å²) in [6, 6.07) is 7.49. The molecule has 1 fully saturated rings. The van der Waals surface area contributed by atoms with E-state index < -0.39 is 0 Å². The summed E-state index contributed by atoms with van der Waals surface area (Å²) in [5.41, 5.74) is 7.82. The third kappa shape index (κ3) is 4.00. The number of amides is 1. The lowest BCUT2D eigenvalue weighted by atomic mass is 10.1. The average Bonchev–Trinajstić information content (AvgIpc) is 3.11. The van der Waals surface area contributed by atoms with Crippen LogP contribution in [0, 0.1) is 0 Å². The highest BCUT2D eigenvalue weighted by Gasteiger charge is 2.14. The summed E-state index contributed by atoms with van der Waals surface area (Å²) in [4.78, 5) is 19.1. The largest absolute Gasteiger partial charge is 0.379 e. The zero-order valence-corrected chi connectivity index (χ0v) is 13.6. The van der Waals surface area contributed by atoms with Gasteiger partial charge in [0.2, 0.25) is 0 Å². The van der Waals surface area contributed by atoms with E-state index in [1.165, 1.54) is 0 Å². The van der Waals surface area contributed by atoms with Crippen LogP contribution in [0.2, 0.25) is 0 Å². The monoisotopic (exact) mass is 329 g/mol. The molecule has 1 amide bonds. The second-order valence-corrected chi connectivity index (χ2v) is 5.70. The van der Waals surface area contributed by atoms with Crippen LogP contribution in [0.4, 0.5) is 0 Å². The van der Waals surface area contributed by atoms with Crippen molar-refractivity contribution < 1.29 is 9.53 Å². The third-order valence-corrected chi connectivity index (χ3v) is 4.09. The lowest BCUT2D eigenvalue weighted by molar-refractivity contribution is 0.0383. The summed E-state index contributed by atoms with van der Waals surface area (Å²) in [5.74, 6) is -0.0816. The first-order valence-corrected chi connectivity index (χ1v) is 8.18. The summed E-state index contributed by atoms with van der Waals surface area (Å²) in [7, 11) is 0. The van der Waals surface area contributed by atoms with Crippen LogP contribution in [0.25, 0.3) is 5.69 Å². The van der Waals surface area contributed by atoms with Crippen LogP contribution in [-0.2, 0) is 11.3 Å². The van der Waals surface area contributed by atoms with Crippen molar-refractivity contribution in [2.24, 2.45) is 5.73 Å². The van der Waals surface area contributed by atoms with Gasteiger partial charge in [-0.3, -0.25) is 9.69 Å². The Hall–Kier alpha value is -2.22. The van der Waals surface area contributed by atoms with Crippen LogP contribution in [0.5, 0.6) is 0 Å². The van der Waals surface area contributed by atoms with E-state index in [0.717, 1.165) is 44.2 Å². The molecule has 1 aliphatic heterocycles. The Kier molecular flexibility index (Phi) is 5.58. The summed E-state index contributed by atoms with van der Waals surface area (Å²) in [6.45, 7) is 5.19. The molecule has 0 spiro atoms. The molecule has 0 unspecified atom stereocenters. The van der Waals surface area contributed by atoms with Gasteiger partial charge < -0.3 is 20.4 Å². The molecule has 0 saturated carbocycles. The van der Waals surface area contributed by atoms with Gasteiger partial charge in [0.1, 0.15) is 0 Å². The van der Waals surface area contributed by atoms with Crippen LogP contribution < -0.4 is 11.1 Å². The average molecular weight is 329 g/mol. The van der Waals surface area contributed by atoms with E-state index in [0.29, 0.717) is 18.7 Å². The van der Waals surface area contributed by atoms with Gasteiger partial charge in [-0.1, -0.05) is 12.1 Å². The van der Waals surface area contributed by atoms with Crippen molar-refractivity contribution in [2.75, 3.05) is 39.4 Å². The predicted octanol–water partition coefficient (Wildman–Crippen LogP) is 0.393. The number of aromatic nitrogens is 2. The fraction of sp³-hybridized carbons (Fsp3) is 0.412. The molecular weight excluding hydrogens is 306 g/mol. The summed E-state index contributed by atoms with van der Waals surface area (Å²) >= 11 is 0. The molecule has 2 heterocycles. The van der Waals surface area contributed by atoms with Gasteiger partial charge in [0.05, 0.1) is 36.5 Å². The minimum atomic E-state index is -0.0816. The minimum Gasteiger partial charge on any atom is -0.379 e. The lowest BCUT2D eigenvalue weighted by Gasteiger charge is -2.26. The van der Waals surface area contributed by atoms with Crippen molar-refractivity contribution in [3.8, 4) is 5.69 Å². The predicted molar refractivity (Wildman–Crippen MR) is 91.0 cm³/mol. The fourth-order valence-electron chi connectivity index (χ4n) is 2.74. The van der Waals surface area contributed by atoms with E-state index in [2.05, 4.69) is 15.2 Å². The van der Waals surface area contributed by atoms with Crippen molar-refractivity contribution >= 4 is 5.91 Å². The van der Waals surface area contributed by atoms with E-state index in [1.807, 2.05) is 35.0 Å². The second kappa shape index (κ2) is 8.05. The Balaban J connectivity index is 1.64. The number of rotatable bonds is 6. The molecule has 1 aromatic heterocycles. The van der Waals surface area contributed by atoms with E-state index >= 15 is 0 Å². The maximum absolute atomic E-state index is 12.5. The Morgan fingerprint density at radius 3 is 2.83 bits per heavy atom. The Bertz CT molecular complexity index is 679. The summed E-state index contributed by atoms with van der Waals surface area (Å²) in [6.07, 6.45) is 3.53. The number of ether oxygens (including phenoxy) is 1. The molecule has 0 atom stereocenters. The zero-order chi connectivity index (χ0) is 16.8. The number of carbonyl (C=O) groups is 1. The quantitative estimate of drug-likeness (QED) is 0.801. The SMILES string of the molecule is NCc1cn(-c2ccccc2C(=O)NCCN2CCOCC2)cn1. The van der Waals surface area contributed by atoms with Gasteiger partial charge in [-0.15, -0.1) is 0 Å². The highest BCUT2D eigenvalue weighted by Crippen LogP contribution is 2.15. The third-order valence-electron chi connectivity index (χ3n) is 4.09. The van der Waals surface area contributed by atoms with Gasteiger partial charge in [-0.25, -0.2) is 4.98 Å². The van der Waals surface area contributed by atoms with E-state index in [-0.39, 0.29) is 5.91 Å². The normalized spacial score (nSPS) is 15.4. The number of para-hydroxylation sites is 1. The van der Waals surface area contributed by atoms with Crippen molar-refractivity contribution in [2.45, 2.75) is 6.54 Å². The number of hydrogen-bond acceptors (Lipinski definition) is 5. The van der Waals surface area contributed by atoms with Gasteiger partial charge in [0.15, 0.2) is 0 Å². The van der Waals surface area contributed by atoms with Gasteiger partial charge in [-0.05, 0) is 12.1 Å². The number of nitrogens with two attached hydrogens (primary N) is 1. The molecule has 3 N–H and O–H groups in total. The van der Waals surface area contributed by atoms with E-state index in [9.17, 15) is 4.79 Å². The molecule has 1 saturated heterocycles. The maximum Gasteiger partial charge on any atom is 0.253 e. The molecule has 0 aliphatic carbocycles. The second-order valence-electron chi connectivity index (χ2n) is 5.70. The van der Waals surface area contributed by atoms with Crippen molar-refractivity contribution in [3.05, 3.63) is 48.0 Å². The van der Waals surface area contributed by atoms with Gasteiger partial charge in [0.25, 0.3) is 5.91 Å². The molecule has 7 heteroatoms. The fourth-order valence-corrected chi connectivity index (χ4v) is 2.74. The molecule has 7 nitrogen and oxygen atoms in total. The highest BCUT2D eigenvalue weighted by atomic mass is 16.5. The van der Waals surface area contributed by atoms with E-state index in [4.69, 9.17) is 10.5 Å². The number of nitrogens with one attached hydrogen (secondary N) is 1. The molecule has 1 aromatic carbocycles. The number of benzene rings is 1. The molecule has 128 valence electrons. The van der Waals surface area contributed by atoms with Crippen LogP contribution in [-0.4, -0.2) is 59.8 Å². The molecule has 0 bridgehead atoms. The van der Waals surface area contributed by atoms with Gasteiger partial charge in [-0.2, -0.15) is 0 Å². The first-order chi connectivity index (χ1) is 11.8. The lowest BCUT2D eigenvalue weighted by Crippen LogP contribution is -2.41. The number of imidazole rings is 1. The Labute approximate surface area is 141 Å². The van der Waals surface area contributed by atoms with Crippen molar-refractivity contribution in [1.29, 1.82) is 0 Å². The standard InChI is InChI=1S/C17H23N5O2/c18-11-14-12-22(13-20-14)16-4-2-1-3-15(16)17(23)19-5-6-21-7-9-24-10-8-21/h1-4,12-13H,5-11,18H2,(H,19,23). The number of nitrogens with zero attached hydrogens (tertiary/aromatic N) is 3. The van der Waals surface area contributed by atoms with Crippen LogP contribution >= 0.6 is 0 Å². The number of morpholine rings is 1. The van der Waals surface area contributed by atoms with Crippen molar-refractivity contribution in [3.63, 3.8) is 0 Å². The Morgan fingerprint density at radius 2 is 2.08 bits per heavy atom. The number of carbonyl (C=O) groups excluding carboxylic acids is 1. The molecule has 0 radical (unpaired) electrons. The molecule has 3 rings (SSSR count). The highest BCUT2D eigenvalue weighted by molar-refractivity contribution is 5.97. The topological polar surface area (TPSA) is 85.4 Å². The van der Waals surface area contributed by atoms with E-state index in [1.54, 1.807) is 6.33 Å². The van der Waals surface area contributed by atoms with Gasteiger partial charge >= 0.3 is 0 Å². The molecular formula is C17H23N5O2. The summed E-state index contributed by atoms with van der Waals surface area (Å²) in [5, 5.41) is 3.00. The first-order valence-electron chi connectivity index (χ1n) is 8.18. The van der Waals surface area contributed by atoms with Crippen LogP contribution in [0.3, 0.4) is 0 Å².